The number of para-hydroxylation sites is 1. The second-order valence-electron chi connectivity index (χ2n) is 6.43. The molecule has 0 spiro atoms. The lowest BCUT2D eigenvalue weighted by atomic mass is 10.1. The molecule has 4 rings (SSSR count). The van der Waals surface area contributed by atoms with Crippen molar-refractivity contribution < 1.29 is 0 Å². The molecule has 0 aliphatic heterocycles. The van der Waals surface area contributed by atoms with Gasteiger partial charge in [-0.15, -0.1) is 0 Å². The van der Waals surface area contributed by atoms with Gasteiger partial charge in [0.15, 0.2) is 0 Å². The van der Waals surface area contributed by atoms with Crippen molar-refractivity contribution in [3.63, 3.8) is 0 Å². The molecular weight excluding hydrogens is 318 g/mol. The quantitative estimate of drug-likeness (QED) is 0.451. The number of benzene rings is 2. The number of aryl methyl sites for hydroxylation is 4. The number of fused-ring (bicyclic) bond motifs is 1. The second kappa shape index (κ2) is 7.87. The van der Waals surface area contributed by atoms with E-state index in [1.807, 2.05) is 57.2 Å². The smallest absolute Gasteiger partial charge is 0.126 e. The van der Waals surface area contributed by atoms with Crippen molar-refractivity contribution >= 4 is 10.9 Å². The molecule has 0 unspecified atom stereocenters. The van der Waals surface area contributed by atoms with Crippen molar-refractivity contribution in [3.8, 4) is 11.3 Å². The lowest BCUT2D eigenvalue weighted by Crippen LogP contribution is -1.93. The molecule has 2 aromatic heterocycles. The Morgan fingerprint density at radius 1 is 0.615 bits per heavy atom. The number of pyridine rings is 1. The van der Waals surface area contributed by atoms with Crippen LogP contribution in [0.3, 0.4) is 0 Å². The minimum Gasteiger partial charge on any atom is -0.258 e. The topological polar surface area (TPSA) is 38.7 Å². The molecule has 0 radical (unpaired) electrons. The fourth-order valence-electron chi connectivity index (χ4n) is 3.05. The van der Waals surface area contributed by atoms with Crippen LogP contribution < -0.4 is 0 Å². The highest BCUT2D eigenvalue weighted by molar-refractivity contribution is 5.92. The summed E-state index contributed by atoms with van der Waals surface area (Å²) in [5.74, 6) is 0.808. The summed E-state index contributed by atoms with van der Waals surface area (Å²) in [4.78, 5) is 13.2. The molecule has 2 heterocycles. The van der Waals surface area contributed by atoms with Crippen molar-refractivity contribution in [3.05, 3.63) is 89.5 Å². The van der Waals surface area contributed by atoms with E-state index in [1.54, 1.807) is 0 Å². The molecule has 0 saturated carbocycles. The maximum absolute atomic E-state index is 4.56. The van der Waals surface area contributed by atoms with Crippen molar-refractivity contribution in [1.29, 1.82) is 0 Å². The number of hydrogen-bond donors (Lipinski definition) is 0. The zero-order valence-electron chi connectivity index (χ0n) is 15.7. The van der Waals surface area contributed by atoms with Gasteiger partial charge in [-0.05, 0) is 51.5 Å². The molecule has 0 amide bonds. The van der Waals surface area contributed by atoms with Gasteiger partial charge in [0.2, 0.25) is 0 Å². The van der Waals surface area contributed by atoms with Crippen LogP contribution in [-0.4, -0.2) is 15.0 Å². The predicted octanol–water partition coefficient (Wildman–Crippen LogP) is 5.61. The molecule has 0 aliphatic carbocycles. The van der Waals surface area contributed by atoms with Crippen molar-refractivity contribution in [2.75, 3.05) is 0 Å². The molecular formula is C23H23N3. The first-order valence-electron chi connectivity index (χ1n) is 8.73. The van der Waals surface area contributed by atoms with Gasteiger partial charge in [-0.3, -0.25) is 4.98 Å². The van der Waals surface area contributed by atoms with Crippen molar-refractivity contribution in [1.82, 2.24) is 15.0 Å². The minimum absolute atomic E-state index is 0.808. The normalized spacial score (nSPS) is 10.3. The zero-order chi connectivity index (χ0) is 18.5. The Kier molecular flexibility index (Phi) is 5.37. The summed E-state index contributed by atoms with van der Waals surface area (Å²) >= 11 is 0. The Bertz CT molecular complexity index is 973. The maximum Gasteiger partial charge on any atom is 0.126 e. The van der Waals surface area contributed by atoms with Gasteiger partial charge in [0.05, 0.1) is 11.2 Å². The highest BCUT2D eigenvalue weighted by atomic mass is 14.9. The number of hydrogen-bond acceptors (Lipinski definition) is 3. The van der Waals surface area contributed by atoms with Crippen LogP contribution in [0.4, 0.5) is 0 Å². The molecule has 0 fully saturated rings. The fourth-order valence-corrected chi connectivity index (χ4v) is 3.05. The van der Waals surface area contributed by atoms with E-state index in [9.17, 15) is 0 Å². The van der Waals surface area contributed by atoms with Gasteiger partial charge in [0, 0.05) is 22.3 Å². The van der Waals surface area contributed by atoms with Crippen LogP contribution in [0.2, 0.25) is 0 Å². The van der Waals surface area contributed by atoms with E-state index in [4.69, 9.17) is 0 Å². The Morgan fingerprint density at radius 3 is 1.88 bits per heavy atom. The van der Waals surface area contributed by atoms with Gasteiger partial charge >= 0.3 is 0 Å². The molecule has 0 saturated heterocycles. The highest BCUT2D eigenvalue weighted by Gasteiger charge is 2.06. The molecule has 4 aromatic rings. The van der Waals surface area contributed by atoms with Crippen molar-refractivity contribution in [2.24, 2.45) is 0 Å². The average Bonchev–Trinajstić information content (AvgIpc) is 2.61. The van der Waals surface area contributed by atoms with E-state index < -0.39 is 0 Å². The first-order valence-corrected chi connectivity index (χ1v) is 8.73. The monoisotopic (exact) mass is 341 g/mol. The second-order valence-corrected chi connectivity index (χ2v) is 6.43. The highest BCUT2D eigenvalue weighted by Crippen LogP contribution is 2.25. The van der Waals surface area contributed by atoms with E-state index in [0.29, 0.717) is 0 Å². The van der Waals surface area contributed by atoms with Crippen LogP contribution in [0.25, 0.3) is 22.2 Å². The SMILES string of the molecule is Cc1cc(C)nc(C)c1.Cc1nc(-c2ccccc2)c2ccccc2n1. The summed E-state index contributed by atoms with van der Waals surface area (Å²) in [5.41, 5.74) is 6.64. The lowest BCUT2D eigenvalue weighted by molar-refractivity contribution is 1.10. The van der Waals surface area contributed by atoms with Crippen LogP contribution in [0, 0.1) is 27.7 Å². The molecule has 2 aromatic carbocycles. The van der Waals surface area contributed by atoms with Crippen molar-refractivity contribution in [2.45, 2.75) is 27.7 Å². The molecule has 130 valence electrons. The third-order valence-electron chi connectivity index (χ3n) is 3.99. The molecule has 0 atom stereocenters. The molecule has 0 aliphatic rings. The summed E-state index contributed by atoms with van der Waals surface area (Å²) in [7, 11) is 0. The summed E-state index contributed by atoms with van der Waals surface area (Å²) in [6.07, 6.45) is 0. The predicted molar refractivity (Wildman–Crippen MR) is 108 cm³/mol. The Balaban J connectivity index is 0.000000185. The Hall–Kier alpha value is -3.07. The van der Waals surface area contributed by atoms with Crippen LogP contribution in [0.1, 0.15) is 22.8 Å². The molecule has 0 bridgehead atoms. The number of aromatic nitrogens is 3. The molecule has 3 heteroatoms. The first kappa shape index (κ1) is 17.7. The van der Waals surface area contributed by atoms with Gasteiger partial charge in [-0.25, -0.2) is 9.97 Å². The van der Waals surface area contributed by atoms with E-state index in [-0.39, 0.29) is 0 Å². The van der Waals surface area contributed by atoms with E-state index in [2.05, 4.69) is 52.2 Å². The standard InChI is InChI=1S/C15H12N2.C8H11N/c1-11-16-14-10-6-5-9-13(14)15(17-11)12-7-3-2-4-8-12;1-6-4-7(2)9-8(3)5-6/h2-10H,1H3;4-5H,1-3H3. The van der Waals surface area contributed by atoms with E-state index in [1.165, 1.54) is 5.56 Å². The van der Waals surface area contributed by atoms with Gasteiger partial charge in [-0.2, -0.15) is 0 Å². The Morgan fingerprint density at radius 2 is 1.23 bits per heavy atom. The van der Waals surface area contributed by atoms with Crippen LogP contribution in [-0.2, 0) is 0 Å². The number of nitrogens with zero attached hydrogens (tertiary/aromatic N) is 3. The summed E-state index contributed by atoms with van der Waals surface area (Å²) in [6.45, 7) is 8.04. The molecule has 3 nitrogen and oxygen atoms in total. The summed E-state index contributed by atoms with van der Waals surface area (Å²) in [5, 5.41) is 1.10. The zero-order valence-corrected chi connectivity index (χ0v) is 15.7. The van der Waals surface area contributed by atoms with Crippen LogP contribution >= 0.6 is 0 Å². The lowest BCUT2D eigenvalue weighted by Gasteiger charge is -2.06. The van der Waals surface area contributed by atoms with Gasteiger partial charge in [0.1, 0.15) is 5.82 Å². The van der Waals surface area contributed by atoms with Gasteiger partial charge < -0.3 is 0 Å². The Labute approximate surface area is 154 Å². The molecule has 26 heavy (non-hydrogen) atoms. The van der Waals surface area contributed by atoms with E-state index in [0.717, 1.165) is 39.4 Å². The first-order chi connectivity index (χ1) is 12.5. The average molecular weight is 341 g/mol. The maximum atomic E-state index is 4.56. The third kappa shape index (κ3) is 4.31. The van der Waals surface area contributed by atoms with Gasteiger partial charge in [0.25, 0.3) is 0 Å². The largest absolute Gasteiger partial charge is 0.258 e. The van der Waals surface area contributed by atoms with Gasteiger partial charge in [-0.1, -0.05) is 48.5 Å². The third-order valence-corrected chi connectivity index (χ3v) is 3.99. The van der Waals surface area contributed by atoms with Crippen LogP contribution in [0.15, 0.2) is 66.7 Å². The minimum atomic E-state index is 0.808. The molecule has 0 N–H and O–H groups in total. The number of rotatable bonds is 1. The summed E-state index contributed by atoms with van der Waals surface area (Å²) in [6, 6.07) is 22.5. The van der Waals surface area contributed by atoms with E-state index >= 15 is 0 Å². The summed E-state index contributed by atoms with van der Waals surface area (Å²) < 4.78 is 0. The van der Waals surface area contributed by atoms with Crippen LogP contribution in [0.5, 0.6) is 0 Å². The fraction of sp³-hybridized carbons (Fsp3) is 0.174.